The number of amides is 2. The van der Waals surface area contributed by atoms with Crippen molar-refractivity contribution in [3.05, 3.63) is 98.1 Å². The molecule has 0 bridgehead atoms. The van der Waals surface area contributed by atoms with Gasteiger partial charge in [-0.15, -0.1) is 0 Å². The molecule has 3 aromatic carbocycles. The van der Waals surface area contributed by atoms with E-state index in [1.54, 1.807) is 0 Å². The number of ether oxygens (including phenoxy) is 1. The van der Waals surface area contributed by atoms with E-state index in [0.29, 0.717) is 36.3 Å². The second-order valence-corrected chi connectivity index (χ2v) is 10.7. The summed E-state index contributed by atoms with van der Waals surface area (Å²) < 4.78 is 6.84. The Morgan fingerprint density at radius 3 is 2.17 bits per heavy atom. The van der Waals surface area contributed by atoms with Gasteiger partial charge in [0, 0.05) is 61.5 Å². The van der Waals surface area contributed by atoms with Crippen LogP contribution in [-0.2, 0) is 6.61 Å². The molecule has 2 saturated heterocycles. The quantitative estimate of drug-likeness (QED) is 0.374. The fourth-order valence-corrected chi connectivity index (χ4v) is 5.38. The van der Waals surface area contributed by atoms with Crippen LogP contribution in [0.3, 0.4) is 0 Å². The van der Waals surface area contributed by atoms with Crippen molar-refractivity contribution in [3.8, 4) is 5.75 Å². The number of nitrogens with zero attached hydrogens (tertiary/aromatic N) is 3. The number of benzene rings is 3. The van der Waals surface area contributed by atoms with Crippen molar-refractivity contribution in [2.45, 2.75) is 12.6 Å². The highest BCUT2D eigenvalue weighted by Crippen LogP contribution is 2.26. The average molecular weight is 616 g/mol. The first-order valence-corrected chi connectivity index (χ1v) is 13.5. The number of carbonyl (C=O) groups excluding carboxylic acids is 2. The van der Waals surface area contributed by atoms with E-state index in [2.05, 4.69) is 27.5 Å². The van der Waals surface area contributed by atoms with Gasteiger partial charge in [0.25, 0.3) is 11.8 Å². The van der Waals surface area contributed by atoms with Crippen LogP contribution in [0, 0.1) is 3.57 Å². The Morgan fingerprint density at radius 1 is 0.833 bits per heavy atom. The number of hydrogen-bond donors (Lipinski definition) is 0. The number of carbonyl (C=O) groups is 2. The lowest BCUT2D eigenvalue weighted by Gasteiger charge is -2.48. The van der Waals surface area contributed by atoms with E-state index in [9.17, 15) is 9.59 Å². The largest absolute Gasteiger partial charge is 0.488 e. The standard InChI is InChI=1S/C28H27ClIN3O3/c29-23-9-6-20(7-10-23)19-36-26-11-8-22(16-25(26)30)28(35)33-17-24(18-33)31-12-14-32(15-13-31)27(34)21-4-2-1-3-5-21/h1-11,16,24H,12-15,17-19H2. The van der Waals surface area contributed by atoms with Gasteiger partial charge in [-0.2, -0.15) is 0 Å². The van der Waals surface area contributed by atoms with Gasteiger partial charge >= 0.3 is 0 Å². The minimum atomic E-state index is 0.0475. The van der Waals surface area contributed by atoms with Gasteiger partial charge in [-0.25, -0.2) is 0 Å². The molecule has 0 atom stereocenters. The topological polar surface area (TPSA) is 53.1 Å². The molecule has 186 valence electrons. The molecule has 0 unspecified atom stereocenters. The summed E-state index contributed by atoms with van der Waals surface area (Å²) in [6.07, 6.45) is 0. The Kier molecular flexibility index (Phi) is 7.79. The Hall–Kier alpha value is -2.62. The van der Waals surface area contributed by atoms with Crippen molar-refractivity contribution in [1.29, 1.82) is 0 Å². The lowest BCUT2D eigenvalue weighted by atomic mass is 10.0. The molecule has 0 aromatic heterocycles. The molecule has 3 aromatic rings. The Labute approximate surface area is 229 Å². The molecule has 5 rings (SSSR count). The molecular formula is C28H27ClIN3O3. The summed E-state index contributed by atoms with van der Waals surface area (Å²) in [4.78, 5) is 31.9. The summed E-state index contributed by atoms with van der Waals surface area (Å²) >= 11 is 8.15. The normalized spacial score (nSPS) is 16.5. The van der Waals surface area contributed by atoms with Crippen LogP contribution >= 0.6 is 34.2 Å². The maximum Gasteiger partial charge on any atom is 0.254 e. The molecule has 2 fully saturated rings. The minimum Gasteiger partial charge on any atom is -0.488 e. The van der Waals surface area contributed by atoms with Gasteiger partial charge in [0.15, 0.2) is 0 Å². The fourth-order valence-electron chi connectivity index (χ4n) is 4.58. The fraction of sp³-hybridized carbons (Fsp3) is 0.286. The third kappa shape index (κ3) is 5.68. The molecule has 8 heteroatoms. The Morgan fingerprint density at radius 2 is 1.50 bits per heavy atom. The molecule has 2 aliphatic rings. The van der Waals surface area contributed by atoms with Gasteiger partial charge in [0.2, 0.25) is 0 Å². The minimum absolute atomic E-state index is 0.0475. The van der Waals surface area contributed by atoms with E-state index >= 15 is 0 Å². The van der Waals surface area contributed by atoms with Crippen molar-refractivity contribution in [3.63, 3.8) is 0 Å². The van der Waals surface area contributed by atoms with Crippen molar-refractivity contribution in [2.24, 2.45) is 0 Å². The number of hydrogen-bond acceptors (Lipinski definition) is 4. The van der Waals surface area contributed by atoms with E-state index in [0.717, 1.165) is 46.6 Å². The summed E-state index contributed by atoms with van der Waals surface area (Å²) in [6, 6.07) is 23.0. The van der Waals surface area contributed by atoms with Crippen molar-refractivity contribution >= 4 is 46.0 Å². The molecule has 2 amide bonds. The zero-order valence-corrected chi connectivity index (χ0v) is 22.7. The average Bonchev–Trinajstić information content (AvgIpc) is 2.88. The Balaban J connectivity index is 1.09. The highest BCUT2D eigenvalue weighted by atomic mass is 127. The zero-order valence-electron chi connectivity index (χ0n) is 19.8. The van der Waals surface area contributed by atoms with Gasteiger partial charge in [0.1, 0.15) is 12.4 Å². The molecule has 2 aliphatic heterocycles. The SMILES string of the molecule is O=C(c1ccccc1)N1CCN(C2CN(C(=O)c3ccc(OCc4ccc(Cl)cc4)c(I)c3)C2)CC1. The van der Waals surface area contributed by atoms with Crippen LogP contribution in [0.1, 0.15) is 26.3 Å². The molecule has 0 spiro atoms. The first-order chi connectivity index (χ1) is 17.5. The van der Waals surface area contributed by atoms with Gasteiger partial charge in [-0.1, -0.05) is 41.9 Å². The third-order valence-corrected chi connectivity index (χ3v) is 7.87. The van der Waals surface area contributed by atoms with Crippen LogP contribution in [-0.4, -0.2) is 71.8 Å². The molecule has 0 radical (unpaired) electrons. The van der Waals surface area contributed by atoms with Gasteiger partial charge < -0.3 is 14.5 Å². The summed E-state index contributed by atoms with van der Waals surface area (Å²) in [5.74, 6) is 0.897. The third-order valence-electron chi connectivity index (χ3n) is 6.77. The van der Waals surface area contributed by atoms with Crippen LogP contribution < -0.4 is 4.74 Å². The number of likely N-dealkylation sites (tertiary alicyclic amines) is 1. The van der Waals surface area contributed by atoms with E-state index < -0.39 is 0 Å². The van der Waals surface area contributed by atoms with E-state index in [4.69, 9.17) is 16.3 Å². The molecule has 6 nitrogen and oxygen atoms in total. The monoisotopic (exact) mass is 615 g/mol. The number of piperazine rings is 1. The zero-order chi connectivity index (χ0) is 25.1. The highest BCUT2D eigenvalue weighted by Gasteiger charge is 2.37. The highest BCUT2D eigenvalue weighted by molar-refractivity contribution is 14.1. The van der Waals surface area contributed by atoms with Crippen molar-refractivity contribution in [2.75, 3.05) is 39.3 Å². The van der Waals surface area contributed by atoms with Gasteiger partial charge in [-0.05, 0) is 70.6 Å². The van der Waals surface area contributed by atoms with E-state index in [1.165, 1.54) is 0 Å². The van der Waals surface area contributed by atoms with Crippen molar-refractivity contribution in [1.82, 2.24) is 14.7 Å². The summed E-state index contributed by atoms with van der Waals surface area (Å²) in [6.45, 7) is 4.99. The molecule has 36 heavy (non-hydrogen) atoms. The molecular weight excluding hydrogens is 589 g/mol. The molecule has 2 heterocycles. The van der Waals surface area contributed by atoms with Crippen LogP contribution in [0.15, 0.2) is 72.8 Å². The second-order valence-electron chi connectivity index (χ2n) is 9.12. The summed E-state index contributed by atoms with van der Waals surface area (Å²) in [5, 5.41) is 0.699. The lowest BCUT2D eigenvalue weighted by molar-refractivity contribution is 0.00853. The van der Waals surface area contributed by atoms with Crippen LogP contribution in [0.2, 0.25) is 5.02 Å². The number of rotatable bonds is 6. The smallest absolute Gasteiger partial charge is 0.254 e. The molecule has 0 N–H and O–H groups in total. The van der Waals surface area contributed by atoms with Gasteiger partial charge in [0.05, 0.1) is 3.57 Å². The second kappa shape index (κ2) is 11.2. The maximum atomic E-state index is 13.0. The lowest BCUT2D eigenvalue weighted by Crippen LogP contribution is -2.64. The van der Waals surface area contributed by atoms with Gasteiger partial charge in [-0.3, -0.25) is 14.5 Å². The van der Waals surface area contributed by atoms with E-state index in [-0.39, 0.29) is 11.8 Å². The molecule has 0 saturated carbocycles. The van der Waals surface area contributed by atoms with Crippen LogP contribution in [0.5, 0.6) is 5.75 Å². The van der Waals surface area contributed by atoms with Crippen LogP contribution in [0.25, 0.3) is 0 Å². The molecule has 0 aliphatic carbocycles. The first kappa shape index (κ1) is 25.0. The first-order valence-electron chi connectivity index (χ1n) is 12.0. The summed E-state index contributed by atoms with van der Waals surface area (Å²) in [7, 11) is 0. The van der Waals surface area contributed by atoms with E-state index in [1.807, 2.05) is 82.6 Å². The number of halogens is 2. The predicted octanol–water partition coefficient (Wildman–Crippen LogP) is 4.81. The van der Waals surface area contributed by atoms with Crippen LogP contribution in [0.4, 0.5) is 0 Å². The Bertz CT molecular complexity index is 1220. The maximum absolute atomic E-state index is 13.0. The predicted molar refractivity (Wildman–Crippen MR) is 149 cm³/mol. The summed E-state index contributed by atoms with van der Waals surface area (Å²) in [5.41, 5.74) is 2.45. The van der Waals surface area contributed by atoms with Crippen molar-refractivity contribution < 1.29 is 14.3 Å².